The molecule has 0 bridgehead atoms. The molecular formula is C33H27F6N3O12S3. The minimum absolute atomic E-state index is 0.0288. The van der Waals surface area contributed by atoms with E-state index in [9.17, 15) is 51.6 Å². The Morgan fingerprint density at radius 3 is 0.965 bits per heavy atom. The molecule has 0 spiro atoms. The molecule has 15 nitrogen and oxygen atoms in total. The summed E-state index contributed by atoms with van der Waals surface area (Å²) >= 11 is 0. The van der Waals surface area contributed by atoms with Crippen molar-refractivity contribution >= 4 is 47.5 Å². The van der Waals surface area contributed by atoms with Crippen molar-refractivity contribution in [3.05, 3.63) is 108 Å². The van der Waals surface area contributed by atoms with Gasteiger partial charge >= 0.3 is 42.7 Å². The predicted molar refractivity (Wildman–Crippen MR) is 191 cm³/mol. The van der Waals surface area contributed by atoms with Gasteiger partial charge in [0.2, 0.25) is 0 Å². The second-order valence-corrected chi connectivity index (χ2v) is 16.1. The molecule has 0 aliphatic carbocycles. The van der Waals surface area contributed by atoms with Crippen LogP contribution in [0.25, 0.3) is 0 Å². The highest BCUT2D eigenvalue weighted by atomic mass is 32.2. The first-order valence-electron chi connectivity index (χ1n) is 15.2. The summed E-state index contributed by atoms with van der Waals surface area (Å²) in [5.41, 5.74) is -3.77. The summed E-state index contributed by atoms with van der Waals surface area (Å²) in [6, 6.07) is 18.2. The van der Waals surface area contributed by atoms with Crippen molar-refractivity contribution in [3.63, 3.8) is 0 Å². The maximum Gasteiger partial charge on any atom is 0.437 e. The quantitative estimate of drug-likeness (QED) is 0.0661. The lowest BCUT2D eigenvalue weighted by Crippen LogP contribution is -2.24. The van der Waals surface area contributed by atoms with E-state index in [-0.39, 0.29) is 40.2 Å². The van der Waals surface area contributed by atoms with Crippen LogP contribution in [-0.2, 0) is 43.2 Å². The molecule has 0 unspecified atom stereocenters. The standard InChI is InChI=1S/C33H27F6N3O12S3/c1-20(40-52-55(2,43)44)21-5-11-24(12-6-21)49-27-17-28(50-25-13-7-22(8-14-25)30(32(34,35)36)41-53-56(3,45)46)19-29(18-27)51-26-15-9-23(10-16-26)31(33(37,38)39)42-54-57(4,47)48/h5-19H,1-4H3/b40-20+,41-30-,42-31-. The lowest BCUT2D eigenvalue weighted by atomic mass is 10.1. The third kappa shape index (κ3) is 14.3. The van der Waals surface area contributed by atoms with E-state index in [1.807, 2.05) is 0 Å². The molecule has 0 heterocycles. The van der Waals surface area contributed by atoms with Gasteiger partial charge in [-0.3, -0.25) is 12.9 Å². The van der Waals surface area contributed by atoms with E-state index in [1.54, 1.807) is 0 Å². The molecule has 4 aromatic carbocycles. The summed E-state index contributed by atoms with van der Waals surface area (Å²) < 4.78 is 179. The second-order valence-electron chi connectivity index (χ2n) is 11.4. The number of ether oxygens (including phenoxy) is 3. The van der Waals surface area contributed by atoms with Gasteiger partial charge in [0.15, 0.2) is 11.4 Å². The molecule has 0 radical (unpaired) electrons. The van der Waals surface area contributed by atoms with Crippen LogP contribution in [0.3, 0.4) is 0 Å². The van der Waals surface area contributed by atoms with Crippen molar-refractivity contribution in [2.75, 3.05) is 18.8 Å². The van der Waals surface area contributed by atoms with Crippen LogP contribution in [0.2, 0.25) is 0 Å². The highest BCUT2D eigenvalue weighted by Crippen LogP contribution is 2.36. The SMILES string of the molecule is C/C(=N\OS(C)(=O)=O)c1ccc(Oc2cc(Oc3ccc(/C(=N/OS(C)(=O)=O)C(F)(F)F)cc3)cc(Oc3ccc(/C(=N/OS(C)(=O)=O)C(F)(F)F)cc3)c2)cc1. The fraction of sp³-hybridized carbons (Fsp3) is 0.182. The number of hydrogen-bond donors (Lipinski definition) is 0. The average Bonchev–Trinajstić information content (AvgIpc) is 3.06. The van der Waals surface area contributed by atoms with Gasteiger partial charge in [-0.2, -0.15) is 51.6 Å². The summed E-state index contributed by atoms with van der Waals surface area (Å²) in [7, 11) is -12.6. The second kappa shape index (κ2) is 17.1. The van der Waals surface area contributed by atoms with Crippen molar-refractivity contribution in [2.45, 2.75) is 19.3 Å². The summed E-state index contributed by atoms with van der Waals surface area (Å²) in [6.45, 7) is 1.49. The number of alkyl halides is 6. The van der Waals surface area contributed by atoms with Crippen LogP contribution >= 0.6 is 0 Å². The molecule has 0 aromatic heterocycles. The molecule has 4 aromatic rings. The molecule has 306 valence electrons. The molecule has 0 aliphatic rings. The zero-order valence-electron chi connectivity index (χ0n) is 29.4. The van der Waals surface area contributed by atoms with Crippen LogP contribution in [-0.4, -0.2) is 73.5 Å². The Morgan fingerprint density at radius 1 is 0.439 bits per heavy atom. The van der Waals surface area contributed by atoms with E-state index in [0.29, 0.717) is 18.1 Å². The third-order valence-corrected chi connectivity index (χ3v) is 7.50. The Kier molecular flexibility index (Phi) is 13.1. The number of benzene rings is 4. The Hall–Kier alpha value is -5.88. The summed E-state index contributed by atoms with van der Waals surface area (Å²) in [5.74, 6) is 0.129. The van der Waals surface area contributed by atoms with Crippen LogP contribution < -0.4 is 14.2 Å². The van der Waals surface area contributed by atoms with Gasteiger partial charge in [-0.05, 0) is 85.3 Å². The zero-order valence-corrected chi connectivity index (χ0v) is 31.8. The number of hydrogen-bond acceptors (Lipinski definition) is 15. The van der Waals surface area contributed by atoms with Gasteiger partial charge in [-0.25, -0.2) is 0 Å². The van der Waals surface area contributed by atoms with Crippen molar-refractivity contribution < 1.29 is 78.7 Å². The van der Waals surface area contributed by atoms with Crippen LogP contribution in [0.5, 0.6) is 34.5 Å². The van der Waals surface area contributed by atoms with Gasteiger partial charge in [0, 0.05) is 29.3 Å². The molecule has 0 aliphatic heterocycles. The van der Waals surface area contributed by atoms with Gasteiger partial charge in [0.1, 0.15) is 34.5 Å². The van der Waals surface area contributed by atoms with Crippen molar-refractivity contribution in [3.8, 4) is 34.5 Å². The molecule has 0 amide bonds. The monoisotopic (exact) mass is 867 g/mol. The first-order chi connectivity index (χ1) is 26.2. The van der Waals surface area contributed by atoms with Gasteiger partial charge in [-0.15, -0.1) is 0 Å². The van der Waals surface area contributed by atoms with Crippen LogP contribution in [0.1, 0.15) is 23.6 Å². The van der Waals surface area contributed by atoms with Crippen LogP contribution in [0.15, 0.2) is 106 Å². The lowest BCUT2D eigenvalue weighted by Gasteiger charge is -2.14. The Balaban J connectivity index is 1.67. The molecular weight excluding hydrogens is 841 g/mol. The van der Waals surface area contributed by atoms with E-state index in [4.69, 9.17) is 14.2 Å². The van der Waals surface area contributed by atoms with E-state index in [2.05, 4.69) is 28.3 Å². The Labute approximate surface area is 321 Å². The normalized spacial score (nSPS) is 13.5. The molecule has 4 rings (SSSR count). The minimum Gasteiger partial charge on any atom is -0.457 e. The van der Waals surface area contributed by atoms with Gasteiger partial charge in [0.05, 0.1) is 24.5 Å². The summed E-state index contributed by atoms with van der Waals surface area (Å²) in [4.78, 5) is 0. The number of rotatable bonds is 15. The Bertz CT molecular complexity index is 2380. The first kappa shape index (κ1) is 43.8. The van der Waals surface area contributed by atoms with E-state index in [0.717, 1.165) is 54.8 Å². The van der Waals surface area contributed by atoms with Gasteiger partial charge in [0.25, 0.3) is 0 Å². The van der Waals surface area contributed by atoms with E-state index in [1.165, 1.54) is 49.4 Å². The number of oxime groups is 3. The highest BCUT2D eigenvalue weighted by Gasteiger charge is 2.39. The summed E-state index contributed by atoms with van der Waals surface area (Å²) in [6.07, 6.45) is -8.38. The van der Waals surface area contributed by atoms with Crippen molar-refractivity contribution in [1.29, 1.82) is 0 Å². The molecule has 57 heavy (non-hydrogen) atoms. The van der Waals surface area contributed by atoms with Crippen LogP contribution in [0.4, 0.5) is 26.3 Å². The molecule has 0 N–H and O–H groups in total. The number of nitrogens with zero attached hydrogens (tertiary/aromatic N) is 3. The summed E-state index contributed by atoms with van der Waals surface area (Å²) in [5, 5.41) is 9.01. The molecule has 0 saturated carbocycles. The maximum absolute atomic E-state index is 13.6. The third-order valence-electron chi connectivity index (χ3n) is 6.46. The highest BCUT2D eigenvalue weighted by molar-refractivity contribution is 7.86. The zero-order chi connectivity index (χ0) is 42.4. The maximum atomic E-state index is 13.6. The fourth-order valence-electron chi connectivity index (χ4n) is 4.18. The predicted octanol–water partition coefficient (Wildman–Crippen LogP) is 7.25. The minimum atomic E-state index is -5.11. The molecule has 0 atom stereocenters. The van der Waals surface area contributed by atoms with E-state index >= 15 is 0 Å². The fourth-order valence-corrected chi connectivity index (χ4v) is 4.85. The van der Waals surface area contributed by atoms with Crippen molar-refractivity contribution in [2.24, 2.45) is 15.5 Å². The lowest BCUT2D eigenvalue weighted by molar-refractivity contribution is -0.0606. The number of halogens is 6. The average molecular weight is 868 g/mol. The van der Waals surface area contributed by atoms with Crippen molar-refractivity contribution in [1.82, 2.24) is 0 Å². The smallest absolute Gasteiger partial charge is 0.437 e. The molecule has 0 fully saturated rings. The van der Waals surface area contributed by atoms with Gasteiger partial charge < -0.3 is 14.2 Å². The largest absolute Gasteiger partial charge is 0.457 e. The first-order valence-corrected chi connectivity index (χ1v) is 20.7. The Morgan fingerprint density at radius 2 is 0.702 bits per heavy atom. The van der Waals surface area contributed by atoms with Crippen LogP contribution in [0, 0.1) is 0 Å². The molecule has 0 saturated heterocycles. The van der Waals surface area contributed by atoms with Gasteiger partial charge in [-0.1, -0.05) is 15.5 Å². The topological polar surface area (TPSA) is 195 Å². The van der Waals surface area contributed by atoms with E-state index < -0.39 is 65.3 Å². The molecule has 24 heteroatoms.